The van der Waals surface area contributed by atoms with Crippen LogP contribution >= 0.6 is 22.6 Å². The van der Waals surface area contributed by atoms with Crippen LogP contribution in [-0.4, -0.2) is 36.5 Å². The summed E-state index contributed by atoms with van der Waals surface area (Å²) in [6.45, 7) is 2.03. The molecule has 1 N–H and O–H groups in total. The number of hydrogen-bond acceptors (Lipinski definition) is 6. The molecule has 0 aromatic carbocycles. The molecule has 2 aromatic heterocycles. The van der Waals surface area contributed by atoms with Gasteiger partial charge >= 0.3 is 5.97 Å². The van der Waals surface area contributed by atoms with Gasteiger partial charge in [0.2, 0.25) is 3.83 Å². The highest BCUT2D eigenvalue weighted by Crippen LogP contribution is 2.17. The van der Waals surface area contributed by atoms with E-state index in [2.05, 4.69) is 25.4 Å². The Balaban J connectivity index is 1.97. The van der Waals surface area contributed by atoms with E-state index in [0.717, 1.165) is 11.3 Å². The van der Waals surface area contributed by atoms with Crippen LogP contribution in [0.1, 0.15) is 36.3 Å². The minimum Gasteiger partial charge on any atom is -0.481 e. The normalized spacial score (nSPS) is 12.1. The molecule has 0 radical (unpaired) electrons. The lowest BCUT2D eigenvalue weighted by Crippen LogP contribution is -2.08. The molecule has 2 heterocycles. The molecule has 0 saturated heterocycles. The first-order chi connectivity index (χ1) is 10.0. The first-order valence-corrected chi connectivity index (χ1v) is 7.51. The van der Waals surface area contributed by atoms with Crippen LogP contribution < -0.4 is 0 Å². The van der Waals surface area contributed by atoms with Gasteiger partial charge in [-0.1, -0.05) is 13.0 Å². The first-order valence-electron chi connectivity index (χ1n) is 6.43. The lowest BCUT2D eigenvalue weighted by atomic mass is 10.0. The van der Waals surface area contributed by atoms with Gasteiger partial charge < -0.3 is 5.11 Å². The summed E-state index contributed by atoms with van der Waals surface area (Å²) < 4.78 is 0.518. The van der Waals surface area contributed by atoms with E-state index in [1.807, 2.05) is 41.6 Å². The highest BCUT2D eigenvalue weighted by Gasteiger charge is 2.11. The second-order valence-electron chi connectivity index (χ2n) is 4.68. The number of pyridine rings is 1. The zero-order chi connectivity index (χ0) is 15.2. The number of aromatic nitrogens is 5. The van der Waals surface area contributed by atoms with Gasteiger partial charge in [-0.3, -0.25) is 9.78 Å². The Labute approximate surface area is 135 Å². The smallest absolute Gasteiger partial charge is 0.303 e. The summed E-state index contributed by atoms with van der Waals surface area (Å²) in [5, 5.41) is 24.4. The van der Waals surface area contributed by atoms with Gasteiger partial charge in [0, 0.05) is 53.2 Å². The lowest BCUT2D eigenvalue weighted by Gasteiger charge is -2.09. The van der Waals surface area contributed by atoms with Gasteiger partial charge in [0.15, 0.2) is 5.82 Å². The fraction of sp³-hybridized carbons (Fsp3) is 0.385. The van der Waals surface area contributed by atoms with E-state index in [1.54, 1.807) is 6.20 Å². The summed E-state index contributed by atoms with van der Waals surface area (Å²) in [5.41, 5.74) is 1.83. The van der Waals surface area contributed by atoms with E-state index in [0.29, 0.717) is 22.5 Å². The van der Waals surface area contributed by atoms with Crippen molar-refractivity contribution in [2.75, 3.05) is 0 Å². The SMILES string of the molecule is CC(Cc1nnc(I)nn1)c1ccc(CCC(=O)O)cn1. The van der Waals surface area contributed by atoms with Gasteiger partial charge in [0.05, 0.1) is 0 Å². The van der Waals surface area contributed by atoms with Crippen LogP contribution in [0, 0.1) is 3.83 Å². The summed E-state index contributed by atoms with van der Waals surface area (Å²) >= 11 is 1.96. The van der Waals surface area contributed by atoms with Crippen molar-refractivity contribution in [2.45, 2.75) is 32.1 Å². The molecule has 7 nitrogen and oxygen atoms in total. The van der Waals surface area contributed by atoms with Crippen molar-refractivity contribution in [1.29, 1.82) is 0 Å². The van der Waals surface area contributed by atoms with Gasteiger partial charge in [-0.15, -0.1) is 20.4 Å². The standard InChI is InChI=1S/C13H14IN5O2/c1-8(6-11-16-18-13(14)19-17-11)10-4-2-9(7-15-10)3-5-12(20)21/h2,4,7-8H,3,5-6H2,1H3,(H,20,21). The Hall–Kier alpha value is -1.71. The Morgan fingerprint density at radius 2 is 2.00 bits per heavy atom. The summed E-state index contributed by atoms with van der Waals surface area (Å²) in [6, 6.07) is 3.82. The molecular formula is C13H14IN5O2. The molecule has 0 bridgehead atoms. The van der Waals surface area contributed by atoms with Crippen molar-refractivity contribution in [1.82, 2.24) is 25.4 Å². The minimum absolute atomic E-state index is 0.115. The van der Waals surface area contributed by atoms with Crippen molar-refractivity contribution in [2.24, 2.45) is 0 Å². The quantitative estimate of drug-likeness (QED) is 0.737. The van der Waals surface area contributed by atoms with E-state index >= 15 is 0 Å². The summed E-state index contributed by atoms with van der Waals surface area (Å²) in [7, 11) is 0. The highest BCUT2D eigenvalue weighted by atomic mass is 127. The second-order valence-corrected chi connectivity index (χ2v) is 5.64. The van der Waals surface area contributed by atoms with Gasteiger partial charge in [0.1, 0.15) is 0 Å². The predicted octanol–water partition coefficient (Wildman–Crippen LogP) is 1.63. The number of aryl methyl sites for hydroxylation is 1. The molecule has 0 aliphatic rings. The molecule has 110 valence electrons. The average molecular weight is 399 g/mol. The van der Waals surface area contributed by atoms with Crippen LogP contribution in [0.25, 0.3) is 0 Å². The maximum atomic E-state index is 10.5. The number of aliphatic carboxylic acids is 1. The van der Waals surface area contributed by atoms with Crippen molar-refractivity contribution in [3.8, 4) is 0 Å². The maximum Gasteiger partial charge on any atom is 0.303 e. The fourth-order valence-electron chi connectivity index (χ4n) is 1.82. The summed E-state index contributed by atoms with van der Waals surface area (Å²) in [4.78, 5) is 14.9. The number of halogens is 1. The third-order valence-electron chi connectivity index (χ3n) is 2.96. The van der Waals surface area contributed by atoms with Crippen molar-refractivity contribution < 1.29 is 9.90 Å². The number of nitrogens with zero attached hydrogens (tertiary/aromatic N) is 5. The molecule has 0 fully saturated rings. The molecule has 0 amide bonds. The molecule has 21 heavy (non-hydrogen) atoms. The summed E-state index contributed by atoms with van der Waals surface area (Å²) in [6.07, 6.45) is 2.94. The third kappa shape index (κ3) is 4.96. The van der Waals surface area contributed by atoms with Crippen LogP contribution in [-0.2, 0) is 17.6 Å². The van der Waals surface area contributed by atoms with E-state index in [-0.39, 0.29) is 12.3 Å². The van der Waals surface area contributed by atoms with Gasteiger partial charge in [-0.2, -0.15) is 0 Å². The molecular weight excluding hydrogens is 385 g/mol. The molecule has 0 spiro atoms. The minimum atomic E-state index is -0.802. The van der Waals surface area contributed by atoms with E-state index in [9.17, 15) is 4.79 Å². The number of carboxylic acid groups (broad SMARTS) is 1. The average Bonchev–Trinajstić information content (AvgIpc) is 2.48. The first kappa shape index (κ1) is 15.7. The number of hydrogen-bond donors (Lipinski definition) is 1. The van der Waals surface area contributed by atoms with Crippen molar-refractivity contribution >= 4 is 28.6 Å². The zero-order valence-electron chi connectivity index (χ0n) is 11.4. The zero-order valence-corrected chi connectivity index (χ0v) is 13.6. The van der Waals surface area contributed by atoms with Crippen molar-refractivity contribution in [3.05, 3.63) is 39.2 Å². The molecule has 1 unspecified atom stereocenters. The highest BCUT2D eigenvalue weighted by molar-refractivity contribution is 14.1. The Morgan fingerprint density at radius 3 is 2.57 bits per heavy atom. The molecule has 0 aliphatic heterocycles. The van der Waals surface area contributed by atoms with Crippen LogP contribution in [0.2, 0.25) is 0 Å². The Kier molecular flexibility index (Phi) is 5.48. The van der Waals surface area contributed by atoms with E-state index in [1.165, 1.54) is 0 Å². The van der Waals surface area contributed by atoms with E-state index < -0.39 is 5.97 Å². The number of rotatable bonds is 6. The fourth-order valence-corrected chi connectivity index (χ4v) is 2.04. The monoisotopic (exact) mass is 399 g/mol. The van der Waals surface area contributed by atoms with Crippen LogP contribution in [0.5, 0.6) is 0 Å². The van der Waals surface area contributed by atoms with Gasteiger partial charge in [-0.05, 0) is 18.1 Å². The Bertz CT molecular complexity index is 603. The van der Waals surface area contributed by atoms with Gasteiger partial charge in [-0.25, -0.2) is 0 Å². The lowest BCUT2D eigenvalue weighted by molar-refractivity contribution is -0.136. The molecule has 0 aliphatic carbocycles. The molecule has 2 rings (SSSR count). The van der Waals surface area contributed by atoms with Gasteiger partial charge in [0.25, 0.3) is 0 Å². The summed E-state index contributed by atoms with van der Waals surface area (Å²) in [5.74, 6) is -0.0786. The second kappa shape index (κ2) is 7.34. The van der Waals surface area contributed by atoms with E-state index in [4.69, 9.17) is 5.11 Å². The van der Waals surface area contributed by atoms with Crippen molar-refractivity contribution in [3.63, 3.8) is 0 Å². The number of carboxylic acids is 1. The number of carbonyl (C=O) groups is 1. The van der Waals surface area contributed by atoms with Crippen LogP contribution in [0.15, 0.2) is 18.3 Å². The molecule has 8 heteroatoms. The Morgan fingerprint density at radius 1 is 1.29 bits per heavy atom. The molecule has 2 aromatic rings. The maximum absolute atomic E-state index is 10.5. The van der Waals surface area contributed by atoms with Crippen LogP contribution in [0.3, 0.4) is 0 Å². The third-order valence-corrected chi connectivity index (χ3v) is 3.40. The molecule has 0 saturated carbocycles. The predicted molar refractivity (Wildman–Crippen MR) is 82.7 cm³/mol. The largest absolute Gasteiger partial charge is 0.481 e. The molecule has 1 atom stereocenters. The topological polar surface area (TPSA) is 102 Å². The van der Waals surface area contributed by atoms with Crippen LogP contribution in [0.4, 0.5) is 0 Å².